The summed E-state index contributed by atoms with van der Waals surface area (Å²) < 4.78 is 10.7. The van der Waals surface area contributed by atoms with Crippen LogP contribution in [0.25, 0.3) is 0 Å². The number of hydrogen-bond acceptors (Lipinski definition) is 5. The maximum Gasteiger partial charge on any atom is 0.254 e. The molecule has 0 bridgehead atoms. The molecular formula is C23H35Cl2N3O4. The fourth-order valence-electron chi connectivity index (χ4n) is 3.81. The van der Waals surface area contributed by atoms with E-state index in [1.165, 1.54) is 5.56 Å². The zero-order chi connectivity index (χ0) is 20.6. The minimum absolute atomic E-state index is 0. The number of pyridine rings is 1. The van der Waals surface area contributed by atoms with Crippen molar-refractivity contribution in [2.45, 2.75) is 25.7 Å². The molecule has 0 unspecified atom stereocenters. The Morgan fingerprint density at radius 3 is 2.44 bits per heavy atom. The average molecular weight is 488 g/mol. The molecule has 2 aromatic rings. The van der Waals surface area contributed by atoms with Crippen molar-refractivity contribution in [2.24, 2.45) is 0 Å². The van der Waals surface area contributed by atoms with Gasteiger partial charge in [-0.25, -0.2) is 0 Å². The molecule has 2 heterocycles. The van der Waals surface area contributed by atoms with Crippen molar-refractivity contribution in [1.29, 1.82) is 0 Å². The number of nitrogens with zero attached hydrogens (tertiary/aromatic N) is 3. The van der Waals surface area contributed by atoms with Crippen LogP contribution in [0.3, 0.4) is 0 Å². The number of halogens is 2. The highest BCUT2D eigenvalue weighted by Gasteiger charge is 2.26. The summed E-state index contributed by atoms with van der Waals surface area (Å²) in [5.41, 5.74) is 3.06. The number of carbonyl (C=O) groups is 1. The van der Waals surface area contributed by atoms with E-state index >= 15 is 0 Å². The third-order valence-electron chi connectivity index (χ3n) is 5.47. The third kappa shape index (κ3) is 7.81. The summed E-state index contributed by atoms with van der Waals surface area (Å²) in [4.78, 5) is 21.4. The minimum atomic E-state index is 0. The lowest BCUT2D eigenvalue weighted by atomic mass is 9.98. The van der Waals surface area contributed by atoms with Crippen LogP contribution in [-0.4, -0.2) is 73.6 Å². The van der Waals surface area contributed by atoms with Crippen LogP contribution in [0, 0.1) is 0 Å². The van der Waals surface area contributed by atoms with E-state index < -0.39 is 0 Å². The monoisotopic (exact) mass is 487 g/mol. The molecule has 32 heavy (non-hydrogen) atoms. The van der Waals surface area contributed by atoms with Gasteiger partial charge in [-0.15, -0.1) is 24.8 Å². The van der Waals surface area contributed by atoms with E-state index in [-0.39, 0.29) is 36.2 Å². The van der Waals surface area contributed by atoms with Gasteiger partial charge < -0.3 is 24.7 Å². The molecule has 3 rings (SSSR count). The standard InChI is InChI=1S/C23H31N3O3.2ClH.H2O/c1-25(11-5-8-18-7-4-10-24-17-18)12-6-13-26-14-9-19-15-21(28-2)22(29-3)16-20(19)23(26)27;;;/h4,7,10,15-17H,5-6,8-9,11-14H2,1-3H3;2*1H;1H2. The van der Waals surface area contributed by atoms with Crippen LogP contribution in [0.4, 0.5) is 0 Å². The minimum Gasteiger partial charge on any atom is -0.493 e. The Bertz CT molecular complexity index is 824. The molecule has 0 radical (unpaired) electrons. The summed E-state index contributed by atoms with van der Waals surface area (Å²) in [6.07, 6.45) is 7.72. The van der Waals surface area contributed by atoms with E-state index in [2.05, 4.69) is 23.0 Å². The van der Waals surface area contributed by atoms with Crippen LogP contribution in [0.5, 0.6) is 11.5 Å². The second-order valence-electron chi connectivity index (χ2n) is 7.53. The quantitative estimate of drug-likeness (QED) is 0.513. The number of methoxy groups -OCH3 is 2. The molecule has 0 aliphatic carbocycles. The maximum absolute atomic E-state index is 12.9. The van der Waals surface area contributed by atoms with Gasteiger partial charge in [-0.1, -0.05) is 6.07 Å². The van der Waals surface area contributed by atoms with Gasteiger partial charge in [-0.05, 0) is 75.1 Å². The van der Waals surface area contributed by atoms with Crippen molar-refractivity contribution >= 4 is 30.7 Å². The van der Waals surface area contributed by atoms with Crippen molar-refractivity contribution in [1.82, 2.24) is 14.8 Å². The zero-order valence-electron chi connectivity index (χ0n) is 19.0. The number of fused-ring (bicyclic) bond motifs is 1. The van der Waals surface area contributed by atoms with E-state index in [4.69, 9.17) is 9.47 Å². The molecule has 2 N–H and O–H groups in total. The number of ether oxygens (including phenoxy) is 2. The van der Waals surface area contributed by atoms with Gasteiger partial charge >= 0.3 is 0 Å². The van der Waals surface area contributed by atoms with E-state index in [9.17, 15) is 4.79 Å². The van der Waals surface area contributed by atoms with Crippen LogP contribution in [0.2, 0.25) is 0 Å². The predicted molar refractivity (Wildman–Crippen MR) is 132 cm³/mol. The molecule has 1 aliphatic heterocycles. The second kappa shape index (κ2) is 14.9. The number of hydrogen-bond donors (Lipinski definition) is 0. The van der Waals surface area contributed by atoms with Crippen LogP contribution in [0.15, 0.2) is 36.7 Å². The lowest BCUT2D eigenvalue weighted by Crippen LogP contribution is -2.39. The largest absolute Gasteiger partial charge is 0.493 e. The molecule has 1 aromatic heterocycles. The van der Waals surface area contributed by atoms with Gasteiger partial charge in [0, 0.05) is 31.0 Å². The Morgan fingerprint density at radius 2 is 1.78 bits per heavy atom. The predicted octanol–water partition coefficient (Wildman–Crippen LogP) is 3.07. The SMILES string of the molecule is COc1cc2c(cc1OC)C(=O)N(CCCN(C)CCCc1cccnc1)CC2.Cl.Cl.O. The highest BCUT2D eigenvalue weighted by molar-refractivity contribution is 5.97. The molecule has 0 saturated heterocycles. The number of rotatable bonds is 10. The second-order valence-corrected chi connectivity index (χ2v) is 7.53. The first kappa shape index (κ1) is 29.9. The molecule has 0 spiro atoms. The number of amides is 1. The number of benzene rings is 1. The first-order valence-electron chi connectivity index (χ1n) is 10.2. The van der Waals surface area contributed by atoms with Gasteiger partial charge in [0.25, 0.3) is 5.91 Å². The van der Waals surface area contributed by atoms with E-state index in [1.54, 1.807) is 14.2 Å². The summed E-state index contributed by atoms with van der Waals surface area (Å²) in [5.74, 6) is 1.38. The van der Waals surface area contributed by atoms with Gasteiger partial charge in [-0.3, -0.25) is 9.78 Å². The lowest BCUT2D eigenvalue weighted by Gasteiger charge is -2.30. The van der Waals surface area contributed by atoms with Gasteiger partial charge in [0.15, 0.2) is 11.5 Å². The van der Waals surface area contributed by atoms with Crippen LogP contribution < -0.4 is 9.47 Å². The normalized spacial score (nSPS) is 12.2. The summed E-state index contributed by atoms with van der Waals surface area (Å²) in [7, 11) is 5.36. The smallest absolute Gasteiger partial charge is 0.254 e. The Labute approximate surface area is 203 Å². The van der Waals surface area contributed by atoms with Crippen molar-refractivity contribution in [3.05, 3.63) is 53.3 Å². The van der Waals surface area contributed by atoms with Crippen molar-refractivity contribution in [3.63, 3.8) is 0 Å². The summed E-state index contributed by atoms with van der Waals surface area (Å²) in [5, 5.41) is 0. The molecule has 1 aliphatic rings. The molecule has 180 valence electrons. The van der Waals surface area contributed by atoms with Gasteiger partial charge in [0.1, 0.15) is 0 Å². The molecule has 7 nitrogen and oxygen atoms in total. The number of aryl methyl sites for hydroxylation is 1. The van der Waals surface area contributed by atoms with Crippen LogP contribution in [0.1, 0.15) is 34.3 Å². The van der Waals surface area contributed by atoms with Crippen LogP contribution >= 0.6 is 24.8 Å². The number of carbonyl (C=O) groups excluding carboxylic acids is 1. The summed E-state index contributed by atoms with van der Waals surface area (Å²) in [6.45, 7) is 3.56. The zero-order valence-corrected chi connectivity index (χ0v) is 20.6. The maximum atomic E-state index is 12.9. The van der Waals surface area contributed by atoms with Gasteiger partial charge in [0.2, 0.25) is 0 Å². The Kier molecular flexibility index (Phi) is 13.9. The van der Waals surface area contributed by atoms with E-state index in [1.807, 2.05) is 35.5 Å². The first-order valence-corrected chi connectivity index (χ1v) is 10.2. The fourth-order valence-corrected chi connectivity index (χ4v) is 3.81. The first-order chi connectivity index (χ1) is 14.1. The molecular weight excluding hydrogens is 453 g/mol. The molecule has 0 saturated carbocycles. The van der Waals surface area contributed by atoms with Gasteiger partial charge in [0.05, 0.1) is 14.2 Å². The topological polar surface area (TPSA) is 86.4 Å². The highest BCUT2D eigenvalue weighted by atomic mass is 35.5. The van der Waals surface area contributed by atoms with Crippen molar-refractivity contribution in [3.8, 4) is 11.5 Å². The molecule has 0 fully saturated rings. The molecule has 1 aromatic carbocycles. The lowest BCUT2D eigenvalue weighted by molar-refractivity contribution is 0.0732. The molecule has 1 amide bonds. The van der Waals surface area contributed by atoms with E-state index in [0.717, 1.165) is 63.0 Å². The Morgan fingerprint density at radius 1 is 1.09 bits per heavy atom. The third-order valence-corrected chi connectivity index (χ3v) is 5.47. The van der Waals surface area contributed by atoms with Crippen molar-refractivity contribution in [2.75, 3.05) is 47.4 Å². The molecule has 0 atom stereocenters. The van der Waals surface area contributed by atoms with Crippen LogP contribution in [-0.2, 0) is 12.8 Å². The Hall–Kier alpha value is -2.06. The summed E-state index contributed by atoms with van der Waals surface area (Å²) in [6, 6.07) is 7.85. The molecule has 9 heteroatoms. The average Bonchev–Trinajstić information content (AvgIpc) is 2.75. The summed E-state index contributed by atoms with van der Waals surface area (Å²) >= 11 is 0. The Balaban J connectivity index is 0.00000320. The van der Waals surface area contributed by atoms with E-state index in [0.29, 0.717) is 11.5 Å². The van der Waals surface area contributed by atoms with Crippen molar-refractivity contribution < 1.29 is 19.7 Å². The fraction of sp³-hybridized carbons (Fsp3) is 0.478. The van der Waals surface area contributed by atoms with Gasteiger partial charge in [-0.2, -0.15) is 0 Å². The highest BCUT2D eigenvalue weighted by Crippen LogP contribution is 2.33. The number of aromatic nitrogens is 1.